The molecular weight excluding hydrogens is 412 g/mol. The largest absolute Gasteiger partial charge is 0.382 e. The van der Waals surface area contributed by atoms with Crippen molar-refractivity contribution in [1.29, 1.82) is 0 Å². The third kappa shape index (κ3) is 4.63. The maximum Gasteiger partial charge on any atom is 0.323 e. The fourth-order valence-corrected chi connectivity index (χ4v) is 3.71. The highest BCUT2D eigenvalue weighted by molar-refractivity contribution is 6.30. The van der Waals surface area contributed by atoms with Crippen molar-refractivity contribution in [2.75, 3.05) is 30.5 Å². The van der Waals surface area contributed by atoms with E-state index in [2.05, 4.69) is 37.9 Å². The van der Waals surface area contributed by atoms with E-state index in [1.807, 2.05) is 38.4 Å². The number of nitrogens with one attached hydrogen (secondary N) is 3. The molecule has 0 bridgehead atoms. The zero-order valence-corrected chi connectivity index (χ0v) is 18.0. The van der Waals surface area contributed by atoms with Crippen LogP contribution in [-0.2, 0) is 6.54 Å². The van der Waals surface area contributed by atoms with Gasteiger partial charge in [0, 0.05) is 22.9 Å². The number of nitrogen functional groups attached to an aromatic ring is 1. The van der Waals surface area contributed by atoms with Gasteiger partial charge in [0.1, 0.15) is 0 Å². The standard InChI is InChI=1S/C23H23ClN6O/c1-30(2)13-15-8-11-19(20-21(15)28-29-22(20)25)14-6-9-17(10-7-14)26-23(31)27-18-5-3-4-16(24)12-18/h3-12H,13H2,1-2H3,(H3,25,28,29)(H2,26,27,31). The molecule has 8 heteroatoms. The average Bonchev–Trinajstić information content (AvgIpc) is 3.11. The number of H-pyrrole nitrogens is 1. The number of anilines is 3. The maximum absolute atomic E-state index is 12.3. The lowest BCUT2D eigenvalue weighted by molar-refractivity contribution is 0.262. The van der Waals surface area contributed by atoms with E-state index in [-0.39, 0.29) is 6.03 Å². The van der Waals surface area contributed by atoms with Crippen LogP contribution in [0, 0.1) is 0 Å². The number of aromatic nitrogens is 2. The van der Waals surface area contributed by atoms with Crippen LogP contribution in [0.5, 0.6) is 0 Å². The van der Waals surface area contributed by atoms with Gasteiger partial charge in [-0.2, -0.15) is 5.10 Å². The SMILES string of the molecule is CN(C)Cc1ccc(-c2ccc(NC(=O)Nc3cccc(Cl)c3)cc2)c2c(N)n[nH]c12. The van der Waals surface area contributed by atoms with Gasteiger partial charge in [0.2, 0.25) is 0 Å². The quantitative estimate of drug-likeness (QED) is 0.348. The Hall–Kier alpha value is -3.55. The highest BCUT2D eigenvalue weighted by atomic mass is 35.5. The molecular formula is C23H23ClN6O. The molecule has 0 saturated carbocycles. The Morgan fingerprint density at radius 1 is 1.06 bits per heavy atom. The van der Waals surface area contributed by atoms with Crippen molar-refractivity contribution < 1.29 is 4.79 Å². The normalized spacial score (nSPS) is 11.1. The molecule has 3 aromatic carbocycles. The van der Waals surface area contributed by atoms with Gasteiger partial charge >= 0.3 is 6.03 Å². The second kappa shape index (κ2) is 8.67. The van der Waals surface area contributed by atoms with Crippen molar-refractivity contribution in [1.82, 2.24) is 15.1 Å². The Labute approximate surface area is 185 Å². The molecule has 1 aromatic heterocycles. The minimum absolute atomic E-state index is 0.343. The van der Waals surface area contributed by atoms with Crippen LogP contribution in [0.15, 0.2) is 60.7 Å². The molecule has 158 valence electrons. The molecule has 4 aromatic rings. The van der Waals surface area contributed by atoms with Crippen molar-refractivity contribution in [3.63, 3.8) is 0 Å². The molecule has 2 amide bonds. The molecule has 1 heterocycles. The van der Waals surface area contributed by atoms with Crippen LogP contribution >= 0.6 is 11.6 Å². The molecule has 5 N–H and O–H groups in total. The molecule has 0 unspecified atom stereocenters. The minimum Gasteiger partial charge on any atom is -0.382 e. The number of nitrogens with two attached hydrogens (primary N) is 1. The Morgan fingerprint density at radius 2 is 1.81 bits per heavy atom. The van der Waals surface area contributed by atoms with Crippen LogP contribution in [0.2, 0.25) is 5.02 Å². The number of rotatable bonds is 5. The summed E-state index contributed by atoms with van der Waals surface area (Å²) in [6, 6.07) is 18.4. The van der Waals surface area contributed by atoms with Gasteiger partial charge in [-0.05, 0) is 61.1 Å². The van der Waals surface area contributed by atoms with E-state index in [0.717, 1.165) is 34.1 Å². The number of nitrogens with zero attached hydrogens (tertiary/aromatic N) is 2. The number of carbonyl (C=O) groups is 1. The molecule has 0 atom stereocenters. The first kappa shape index (κ1) is 20.7. The smallest absolute Gasteiger partial charge is 0.323 e. The molecule has 0 saturated heterocycles. The van der Waals surface area contributed by atoms with E-state index in [1.165, 1.54) is 0 Å². The topological polar surface area (TPSA) is 99.1 Å². The molecule has 31 heavy (non-hydrogen) atoms. The summed E-state index contributed by atoms with van der Waals surface area (Å²) in [7, 11) is 4.04. The monoisotopic (exact) mass is 434 g/mol. The van der Waals surface area contributed by atoms with Gasteiger partial charge < -0.3 is 21.3 Å². The van der Waals surface area contributed by atoms with Gasteiger partial charge in [0.25, 0.3) is 0 Å². The lowest BCUT2D eigenvalue weighted by Crippen LogP contribution is -2.19. The number of urea groups is 1. The molecule has 0 aliphatic heterocycles. The Balaban J connectivity index is 1.55. The Morgan fingerprint density at radius 3 is 2.52 bits per heavy atom. The second-order valence-electron chi connectivity index (χ2n) is 7.54. The zero-order chi connectivity index (χ0) is 22.0. The third-order valence-corrected chi connectivity index (χ3v) is 5.09. The fourth-order valence-electron chi connectivity index (χ4n) is 3.52. The Kier molecular flexibility index (Phi) is 5.79. The van der Waals surface area contributed by atoms with Gasteiger partial charge in [-0.25, -0.2) is 4.79 Å². The summed E-state index contributed by atoms with van der Waals surface area (Å²) in [6.45, 7) is 0.781. The van der Waals surface area contributed by atoms with Crippen LogP contribution in [0.1, 0.15) is 5.56 Å². The lowest BCUT2D eigenvalue weighted by atomic mass is 9.98. The summed E-state index contributed by atoms with van der Waals surface area (Å²) in [5.41, 5.74) is 11.5. The predicted octanol–water partition coefficient (Wildman–Crippen LogP) is 5.17. The number of fused-ring (bicyclic) bond motifs is 1. The summed E-state index contributed by atoms with van der Waals surface area (Å²) in [4.78, 5) is 14.4. The van der Waals surface area contributed by atoms with Crippen LogP contribution in [0.4, 0.5) is 22.0 Å². The molecule has 0 radical (unpaired) electrons. The first-order chi connectivity index (χ1) is 14.9. The molecule has 4 rings (SSSR count). The minimum atomic E-state index is -0.343. The van der Waals surface area contributed by atoms with E-state index in [4.69, 9.17) is 17.3 Å². The highest BCUT2D eigenvalue weighted by Crippen LogP contribution is 2.34. The molecule has 0 aliphatic carbocycles. The van der Waals surface area contributed by atoms with E-state index in [9.17, 15) is 4.79 Å². The summed E-state index contributed by atoms with van der Waals surface area (Å²) < 4.78 is 0. The molecule has 0 aliphatic rings. The lowest BCUT2D eigenvalue weighted by Gasteiger charge is -2.13. The summed E-state index contributed by atoms with van der Waals surface area (Å²) in [6.07, 6.45) is 0. The summed E-state index contributed by atoms with van der Waals surface area (Å²) in [5, 5.41) is 14.3. The van der Waals surface area contributed by atoms with Gasteiger partial charge in [0.15, 0.2) is 5.82 Å². The summed E-state index contributed by atoms with van der Waals surface area (Å²) >= 11 is 5.95. The number of carbonyl (C=O) groups excluding carboxylic acids is 1. The predicted molar refractivity (Wildman–Crippen MR) is 127 cm³/mol. The van der Waals surface area contributed by atoms with Crippen LogP contribution in [0.3, 0.4) is 0 Å². The van der Waals surface area contributed by atoms with Gasteiger partial charge in [-0.15, -0.1) is 0 Å². The van der Waals surface area contributed by atoms with Crippen molar-refractivity contribution in [2.45, 2.75) is 6.54 Å². The molecule has 7 nitrogen and oxygen atoms in total. The average molecular weight is 435 g/mol. The number of hydrogen-bond donors (Lipinski definition) is 4. The van der Waals surface area contributed by atoms with Crippen molar-refractivity contribution >= 4 is 45.7 Å². The van der Waals surface area contributed by atoms with Crippen LogP contribution in [-0.4, -0.2) is 35.2 Å². The first-order valence-electron chi connectivity index (χ1n) is 9.75. The first-order valence-corrected chi connectivity index (χ1v) is 10.1. The van der Waals surface area contributed by atoms with Crippen molar-refractivity contribution in [2.24, 2.45) is 0 Å². The fraction of sp³-hybridized carbons (Fsp3) is 0.130. The number of amides is 2. The Bertz CT molecular complexity index is 1230. The van der Waals surface area contributed by atoms with E-state index in [0.29, 0.717) is 22.2 Å². The summed E-state index contributed by atoms with van der Waals surface area (Å²) in [5.74, 6) is 0.466. The number of hydrogen-bond acceptors (Lipinski definition) is 4. The number of halogens is 1. The van der Waals surface area contributed by atoms with Gasteiger partial charge in [-0.3, -0.25) is 5.10 Å². The second-order valence-corrected chi connectivity index (χ2v) is 7.97. The number of aromatic amines is 1. The zero-order valence-electron chi connectivity index (χ0n) is 17.2. The van der Waals surface area contributed by atoms with E-state index in [1.54, 1.807) is 24.3 Å². The van der Waals surface area contributed by atoms with E-state index >= 15 is 0 Å². The highest BCUT2D eigenvalue weighted by Gasteiger charge is 2.14. The van der Waals surface area contributed by atoms with E-state index < -0.39 is 0 Å². The number of benzene rings is 3. The van der Waals surface area contributed by atoms with Gasteiger partial charge in [0.05, 0.1) is 10.9 Å². The molecule has 0 spiro atoms. The third-order valence-electron chi connectivity index (χ3n) is 4.86. The molecule has 0 fully saturated rings. The van der Waals surface area contributed by atoms with Gasteiger partial charge in [-0.1, -0.05) is 41.9 Å². The van der Waals surface area contributed by atoms with Crippen LogP contribution in [0.25, 0.3) is 22.0 Å². The maximum atomic E-state index is 12.3. The van der Waals surface area contributed by atoms with Crippen molar-refractivity contribution in [3.05, 3.63) is 71.2 Å². The van der Waals surface area contributed by atoms with Crippen LogP contribution < -0.4 is 16.4 Å². The van der Waals surface area contributed by atoms with Crippen molar-refractivity contribution in [3.8, 4) is 11.1 Å².